The van der Waals surface area contributed by atoms with E-state index < -0.39 is 0 Å². The van der Waals surface area contributed by atoms with Crippen molar-refractivity contribution in [3.63, 3.8) is 0 Å². The number of nitrogens with one attached hydrogen (secondary N) is 1. The summed E-state index contributed by atoms with van der Waals surface area (Å²) in [7, 11) is 2.86. The summed E-state index contributed by atoms with van der Waals surface area (Å²) in [6.45, 7) is 3.72. The first-order valence-electron chi connectivity index (χ1n) is 7.91. The molecule has 0 aliphatic carbocycles. The van der Waals surface area contributed by atoms with Crippen molar-refractivity contribution < 1.29 is 24.1 Å². The van der Waals surface area contributed by atoms with E-state index in [9.17, 15) is 9.90 Å². The molecular weight excluding hydrogens is 336 g/mol. The second-order valence-electron chi connectivity index (χ2n) is 5.62. The highest BCUT2D eigenvalue weighted by atomic mass is 16.5. The molecule has 2 aromatic carbocycles. The highest BCUT2D eigenvalue weighted by molar-refractivity contribution is 5.84. The van der Waals surface area contributed by atoms with Crippen LogP contribution in [0.4, 0.5) is 0 Å². The number of phenolic OH excluding ortho intramolecular Hbond substituents is 1. The van der Waals surface area contributed by atoms with E-state index in [1.54, 1.807) is 12.1 Å². The van der Waals surface area contributed by atoms with Gasteiger partial charge in [-0.3, -0.25) is 4.79 Å². The predicted molar refractivity (Wildman–Crippen MR) is 98.4 cm³/mol. The topological polar surface area (TPSA) is 89.4 Å². The molecule has 0 aromatic heterocycles. The van der Waals surface area contributed by atoms with E-state index in [1.165, 1.54) is 20.4 Å². The van der Waals surface area contributed by atoms with Crippen LogP contribution in [-0.4, -0.2) is 38.1 Å². The van der Waals surface area contributed by atoms with Crippen LogP contribution in [0.15, 0.2) is 35.4 Å². The number of amides is 1. The fraction of sp³-hybridized carbons (Fsp3) is 0.263. The molecule has 1 amide bonds. The van der Waals surface area contributed by atoms with Crippen molar-refractivity contribution >= 4 is 12.1 Å². The second-order valence-corrected chi connectivity index (χ2v) is 5.62. The first-order valence-corrected chi connectivity index (χ1v) is 7.91. The molecule has 2 rings (SSSR count). The third-order valence-electron chi connectivity index (χ3n) is 3.61. The molecule has 26 heavy (non-hydrogen) atoms. The lowest BCUT2D eigenvalue weighted by molar-refractivity contribution is -0.123. The van der Waals surface area contributed by atoms with Gasteiger partial charge in [0, 0.05) is 5.56 Å². The molecule has 0 atom stereocenters. The summed E-state index contributed by atoms with van der Waals surface area (Å²) in [5.74, 6) is 0.667. The normalized spacial score (nSPS) is 10.6. The van der Waals surface area contributed by atoms with Gasteiger partial charge in [0.05, 0.1) is 20.4 Å². The average molecular weight is 358 g/mol. The molecule has 2 aromatic rings. The number of hydrogen-bond acceptors (Lipinski definition) is 6. The van der Waals surface area contributed by atoms with Gasteiger partial charge >= 0.3 is 0 Å². The van der Waals surface area contributed by atoms with Gasteiger partial charge in [-0.1, -0.05) is 12.1 Å². The maximum Gasteiger partial charge on any atom is 0.277 e. The van der Waals surface area contributed by atoms with Crippen LogP contribution in [0.5, 0.6) is 23.0 Å². The van der Waals surface area contributed by atoms with Crippen molar-refractivity contribution in [3.05, 3.63) is 47.0 Å². The average Bonchev–Trinajstić information content (AvgIpc) is 2.63. The Morgan fingerprint density at radius 2 is 1.77 bits per heavy atom. The number of methoxy groups -OCH3 is 2. The van der Waals surface area contributed by atoms with Gasteiger partial charge in [-0.2, -0.15) is 5.10 Å². The van der Waals surface area contributed by atoms with Crippen molar-refractivity contribution in [2.24, 2.45) is 5.10 Å². The largest absolute Gasteiger partial charge is 0.502 e. The van der Waals surface area contributed by atoms with E-state index >= 15 is 0 Å². The summed E-state index contributed by atoms with van der Waals surface area (Å²) >= 11 is 0. The Kier molecular flexibility index (Phi) is 6.43. The Balaban J connectivity index is 1.95. The third-order valence-corrected chi connectivity index (χ3v) is 3.61. The van der Waals surface area contributed by atoms with Gasteiger partial charge in [-0.05, 0) is 43.2 Å². The minimum Gasteiger partial charge on any atom is -0.502 e. The molecule has 0 aliphatic heterocycles. The van der Waals surface area contributed by atoms with Crippen LogP contribution in [0.2, 0.25) is 0 Å². The number of carbonyl (C=O) groups excluding carboxylic acids is 1. The number of hydrazone groups is 1. The Morgan fingerprint density at radius 3 is 2.38 bits per heavy atom. The molecule has 0 spiro atoms. The first-order chi connectivity index (χ1) is 12.4. The maximum absolute atomic E-state index is 11.9. The molecule has 0 bridgehead atoms. The van der Waals surface area contributed by atoms with Crippen LogP contribution in [0.3, 0.4) is 0 Å². The van der Waals surface area contributed by atoms with Gasteiger partial charge < -0.3 is 19.3 Å². The number of carbonyl (C=O) groups is 1. The first kappa shape index (κ1) is 19.1. The molecule has 0 saturated heterocycles. The molecule has 7 nitrogen and oxygen atoms in total. The number of rotatable bonds is 7. The number of ether oxygens (including phenoxy) is 3. The minimum atomic E-state index is -0.389. The standard InChI is InChI=1S/C19H22N2O5/c1-12-5-6-13(2)15(7-12)26-11-18(22)21-20-10-14-8-16(24-3)19(23)17(9-14)25-4/h5-10,23H,11H2,1-4H3,(H,21,22)/b20-10+. The van der Waals surface area contributed by atoms with E-state index in [4.69, 9.17) is 14.2 Å². The highest BCUT2D eigenvalue weighted by Gasteiger charge is 2.10. The van der Waals surface area contributed by atoms with E-state index in [1.807, 2.05) is 32.0 Å². The predicted octanol–water partition coefficient (Wildman–Crippen LogP) is 2.56. The van der Waals surface area contributed by atoms with Gasteiger partial charge in [0.15, 0.2) is 18.1 Å². The fourth-order valence-electron chi connectivity index (χ4n) is 2.21. The molecule has 0 unspecified atom stereocenters. The fourth-order valence-corrected chi connectivity index (χ4v) is 2.21. The van der Waals surface area contributed by atoms with Gasteiger partial charge in [0.1, 0.15) is 5.75 Å². The summed E-state index contributed by atoms with van der Waals surface area (Å²) in [6, 6.07) is 8.93. The SMILES string of the molecule is COc1cc(/C=N/NC(=O)COc2cc(C)ccc2C)cc(OC)c1O. The monoisotopic (exact) mass is 358 g/mol. The highest BCUT2D eigenvalue weighted by Crippen LogP contribution is 2.36. The summed E-state index contributed by atoms with van der Waals surface area (Å²) in [5.41, 5.74) is 4.99. The quantitative estimate of drug-likeness (QED) is 0.586. The Hall–Kier alpha value is -3.22. The molecular formula is C19H22N2O5. The molecule has 0 fully saturated rings. The van der Waals surface area contributed by atoms with Crippen LogP contribution in [0, 0.1) is 13.8 Å². The molecule has 138 valence electrons. The number of nitrogens with zero attached hydrogens (tertiary/aromatic N) is 1. The molecule has 2 N–H and O–H groups in total. The molecule has 7 heteroatoms. The summed E-state index contributed by atoms with van der Waals surface area (Å²) in [4.78, 5) is 11.9. The second kappa shape index (κ2) is 8.75. The Labute approximate surface area is 152 Å². The van der Waals surface area contributed by atoms with E-state index in [-0.39, 0.29) is 29.8 Å². The van der Waals surface area contributed by atoms with Crippen molar-refractivity contribution in [2.75, 3.05) is 20.8 Å². The van der Waals surface area contributed by atoms with Gasteiger partial charge in [-0.15, -0.1) is 0 Å². The zero-order valence-electron chi connectivity index (χ0n) is 15.2. The minimum absolute atomic E-state index is 0.0990. The number of aromatic hydroxyl groups is 1. The molecule has 0 heterocycles. The molecule has 0 aliphatic rings. The number of benzene rings is 2. The smallest absolute Gasteiger partial charge is 0.277 e. The summed E-state index contributed by atoms with van der Waals surface area (Å²) < 4.78 is 15.6. The van der Waals surface area contributed by atoms with Gasteiger partial charge in [-0.25, -0.2) is 5.43 Å². The summed E-state index contributed by atoms with van der Waals surface area (Å²) in [6.07, 6.45) is 1.42. The maximum atomic E-state index is 11.9. The lowest BCUT2D eigenvalue weighted by Gasteiger charge is -2.09. The lowest BCUT2D eigenvalue weighted by atomic mass is 10.1. The van der Waals surface area contributed by atoms with Gasteiger partial charge in [0.2, 0.25) is 5.75 Å². The number of aryl methyl sites for hydroxylation is 2. The molecule has 0 saturated carbocycles. The van der Waals surface area contributed by atoms with E-state index in [0.717, 1.165) is 11.1 Å². The van der Waals surface area contributed by atoms with Crippen LogP contribution < -0.4 is 19.6 Å². The van der Waals surface area contributed by atoms with Gasteiger partial charge in [0.25, 0.3) is 5.91 Å². The summed E-state index contributed by atoms with van der Waals surface area (Å²) in [5, 5.41) is 13.7. The zero-order valence-corrected chi connectivity index (χ0v) is 15.2. The van der Waals surface area contributed by atoms with Crippen molar-refractivity contribution in [3.8, 4) is 23.0 Å². The number of hydrogen-bond donors (Lipinski definition) is 2. The van der Waals surface area contributed by atoms with E-state index in [0.29, 0.717) is 11.3 Å². The van der Waals surface area contributed by atoms with E-state index in [2.05, 4.69) is 10.5 Å². The van der Waals surface area contributed by atoms with Crippen LogP contribution in [-0.2, 0) is 4.79 Å². The van der Waals surface area contributed by atoms with Crippen molar-refractivity contribution in [2.45, 2.75) is 13.8 Å². The Bertz CT molecular complexity index is 793. The number of phenols is 1. The van der Waals surface area contributed by atoms with Crippen molar-refractivity contribution in [1.29, 1.82) is 0 Å². The van der Waals surface area contributed by atoms with Crippen LogP contribution >= 0.6 is 0 Å². The van der Waals surface area contributed by atoms with Crippen molar-refractivity contribution in [1.82, 2.24) is 5.43 Å². The lowest BCUT2D eigenvalue weighted by Crippen LogP contribution is -2.24. The van der Waals surface area contributed by atoms with Crippen LogP contribution in [0.25, 0.3) is 0 Å². The molecule has 0 radical (unpaired) electrons. The van der Waals surface area contributed by atoms with Crippen LogP contribution in [0.1, 0.15) is 16.7 Å². The third kappa shape index (κ3) is 4.89. The zero-order chi connectivity index (χ0) is 19.1. The Morgan fingerprint density at radius 1 is 1.12 bits per heavy atom.